The molecule has 13 heteroatoms. The lowest BCUT2D eigenvalue weighted by Crippen LogP contribution is -2.71. The van der Waals surface area contributed by atoms with Gasteiger partial charge in [-0.05, 0) is 5.57 Å². The number of aliphatic carboxylic acids is 1. The number of thiol groups is 1. The molecule has 0 bridgehead atoms. The van der Waals surface area contributed by atoms with E-state index < -0.39 is 41.9 Å². The summed E-state index contributed by atoms with van der Waals surface area (Å²) in [5.74, 6) is -2.28. The summed E-state index contributed by atoms with van der Waals surface area (Å²) in [6.07, 6.45) is 0. The van der Waals surface area contributed by atoms with Crippen molar-refractivity contribution in [3.05, 3.63) is 22.3 Å². The molecule has 10 nitrogen and oxygen atoms in total. The lowest BCUT2D eigenvalue weighted by molar-refractivity contribution is -0.150. The number of hydrogen-bond donors (Lipinski definition) is 4. The van der Waals surface area contributed by atoms with Crippen LogP contribution in [-0.2, 0) is 19.2 Å². The van der Waals surface area contributed by atoms with Gasteiger partial charge in [-0.15, -0.1) is 23.1 Å². The number of carbonyl (C=O) groups excluding carboxylic acids is 2. The number of carboxylic acid groups (broad SMARTS) is 1. The van der Waals surface area contributed by atoms with E-state index in [0.717, 1.165) is 16.2 Å². The van der Waals surface area contributed by atoms with Crippen molar-refractivity contribution in [2.45, 2.75) is 11.4 Å². The van der Waals surface area contributed by atoms with Gasteiger partial charge in [0.2, 0.25) is 0 Å². The van der Waals surface area contributed by atoms with E-state index in [4.69, 9.17) is 9.85 Å². The van der Waals surface area contributed by atoms with Gasteiger partial charge in [-0.25, -0.2) is 9.78 Å². The minimum atomic E-state index is -2.90. The van der Waals surface area contributed by atoms with Gasteiger partial charge < -0.3 is 21.0 Å². The fourth-order valence-electron chi connectivity index (χ4n) is 2.66. The highest BCUT2D eigenvalue weighted by Gasteiger charge is 2.54. The number of nitrogen functional groups attached to an aromatic ring is 1. The molecule has 0 aromatic carbocycles. The van der Waals surface area contributed by atoms with Crippen LogP contribution in [0, 0.1) is 0 Å². The van der Waals surface area contributed by atoms with E-state index in [0.29, 0.717) is 11.3 Å². The molecule has 2 aliphatic rings. The summed E-state index contributed by atoms with van der Waals surface area (Å²) >= 11 is 6.38. The molecule has 0 saturated carbocycles. The summed E-state index contributed by atoms with van der Waals surface area (Å²) in [6.45, 7) is 0. The smallest absolute Gasteiger partial charge is 0.352 e. The Morgan fingerprint density at radius 1 is 1.67 bits per heavy atom. The molecule has 1 fully saturated rings. The maximum atomic E-state index is 12.7. The van der Waals surface area contributed by atoms with Crippen molar-refractivity contribution in [3.8, 4) is 0 Å². The van der Waals surface area contributed by atoms with E-state index in [9.17, 15) is 19.5 Å². The van der Waals surface area contributed by atoms with Crippen molar-refractivity contribution in [2.24, 2.45) is 5.16 Å². The number of thiazole rings is 1. The van der Waals surface area contributed by atoms with Crippen LogP contribution in [0.25, 0.3) is 0 Å². The predicted molar refractivity (Wildman–Crippen MR) is 104 cm³/mol. The SMILES string of the molecule is [2H]C([2H])([2H])O/N=C(\C(=O)N[C@@H]1C(=O)N2C(C(=O)O)=C(CS)CS[C@H]12)c1csc(N)n1. The first-order chi connectivity index (χ1) is 14.0. The van der Waals surface area contributed by atoms with E-state index in [1.807, 2.05) is 0 Å². The van der Waals surface area contributed by atoms with Gasteiger partial charge in [0, 0.05) is 16.9 Å². The van der Waals surface area contributed by atoms with E-state index in [-0.39, 0.29) is 22.3 Å². The van der Waals surface area contributed by atoms with Crippen LogP contribution in [0.4, 0.5) is 5.13 Å². The largest absolute Gasteiger partial charge is 0.477 e. The number of carbonyl (C=O) groups is 3. The maximum Gasteiger partial charge on any atom is 0.352 e. The summed E-state index contributed by atoms with van der Waals surface area (Å²) in [5, 5.41) is 16.1. The van der Waals surface area contributed by atoms with Gasteiger partial charge in [0.25, 0.3) is 11.8 Å². The van der Waals surface area contributed by atoms with Gasteiger partial charge in [-0.3, -0.25) is 14.5 Å². The van der Waals surface area contributed by atoms with Crippen molar-refractivity contribution in [2.75, 3.05) is 24.3 Å². The first-order valence-corrected chi connectivity index (χ1v) is 9.89. The average molecular weight is 433 g/mol. The van der Waals surface area contributed by atoms with Crippen LogP contribution in [0.3, 0.4) is 0 Å². The van der Waals surface area contributed by atoms with Crippen molar-refractivity contribution in [1.29, 1.82) is 0 Å². The number of anilines is 1. The Labute approximate surface area is 171 Å². The molecule has 0 unspecified atom stereocenters. The number of nitrogens with two attached hydrogens (primary N) is 1. The highest BCUT2D eigenvalue weighted by atomic mass is 32.2. The molecular weight excluding hydrogens is 414 g/mol. The van der Waals surface area contributed by atoms with E-state index in [1.54, 1.807) is 0 Å². The number of thioether (sulfide) groups is 1. The summed E-state index contributed by atoms with van der Waals surface area (Å²) < 4.78 is 21.2. The molecule has 2 atom stereocenters. The third-order valence-electron chi connectivity index (χ3n) is 3.84. The first-order valence-electron chi connectivity index (χ1n) is 8.82. The van der Waals surface area contributed by atoms with Crippen LogP contribution in [0.2, 0.25) is 0 Å². The second-order valence-electron chi connectivity index (χ2n) is 5.38. The van der Waals surface area contributed by atoms with Crippen LogP contribution in [0.15, 0.2) is 21.8 Å². The molecule has 0 spiro atoms. The molecule has 4 N–H and O–H groups in total. The Morgan fingerprint density at radius 3 is 3.04 bits per heavy atom. The standard InChI is InChI=1S/C14H15N5O5S3/c1-24-18-7(6-4-27-14(15)16-6)10(20)17-8-11(21)19-9(13(22)23)5(2-25)3-26-12(8)19/h4,8,12,25H,2-3H2,1H3,(H2,15,16)(H,17,20)(H,22,23)/b18-7-/t8-,12-/m1/s1/i1D3. The number of rotatable bonds is 6. The van der Waals surface area contributed by atoms with Crippen LogP contribution in [0.1, 0.15) is 9.81 Å². The Hall–Kier alpha value is -2.25. The molecule has 0 aliphatic carbocycles. The summed E-state index contributed by atoms with van der Waals surface area (Å²) in [7, 11) is -2.90. The third kappa shape index (κ3) is 3.49. The number of β-lactam (4-membered cyclic amide) rings is 1. The number of hydrogen-bond acceptors (Lipinski definition) is 10. The zero-order valence-electron chi connectivity index (χ0n) is 16.4. The van der Waals surface area contributed by atoms with Crippen molar-refractivity contribution >= 4 is 64.4 Å². The van der Waals surface area contributed by atoms with Crippen LogP contribution >= 0.6 is 35.7 Å². The highest BCUT2D eigenvalue weighted by Crippen LogP contribution is 2.40. The molecule has 27 heavy (non-hydrogen) atoms. The molecule has 1 aromatic heterocycles. The van der Waals surface area contributed by atoms with Crippen molar-refractivity contribution in [3.63, 3.8) is 0 Å². The number of nitrogens with zero attached hydrogens (tertiary/aromatic N) is 3. The van der Waals surface area contributed by atoms with Gasteiger partial charge in [0.15, 0.2) is 10.8 Å². The predicted octanol–water partition coefficient (Wildman–Crippen LogP) is -0.256. The Bertz CT molecular complexity index is 963. The maximum absolute atomic E-state index is 12.7. The van der Waals surface area contributed by atoms with Crippen LogP contribution < -0.4 is 11.1 Å². The minimum absolute atomic E-state index is 0.0253. The summed E-state index contributed by atoms with van der Waals surface area (Å²) in [4.78, 5) is 46.2. The normalized spacial score (nSPS) is 24.3. The monoisotopic (exact) mass is 432 g/mol. The fourth-order valence-corrected chi connectivity index (χ4v) is 4.97. The fraction of sp³-hybridized carbons (Fsp3) is 0.357. The first kappa shape index (κ1) is 15.8. The quantitative estimate of drug-likeness (QED) is 0.208. The van der Waals surface area contributed by atoms with Crippen molar-refractivity contribution < 1.29 is 28.4 Å². The molecule has 2 aliphatic heterocycles. The summed E-state index contributed by atoms with van der Waals surface area (Å²) in [6, 6.07) is -1.03. The Kier molecular flexibility index (Phi) is 4.54. The second-order valence-corrected chi connectivity index (χ2v) is 7.69. The molecule has 3 rings (SSSR count). The molecule has 3 heterocycles. The Balaban J connectivity index is 1.81. The van der Waals surface area contributed by atoms with Gasteiger partial charge in [0.1, 0.15) is 29.8 Å². The van der Waals surface area contributed by atoms with Gasteiger partial charge in [-0.2, -0.15) is 12.6 Å². The molecule has 1 aromatic rings. The van der Waals surface area contributed by atoms with E-state index >= 15 is 0 Å². The average Bonchev–Trinajstić information content (AvgIpc) is 3.09. The van der Waals surface area contributed by atoms with Crippen LogP contribution in [0.5, 0.6) is 0 Å². The van der Waals surface area contributed by atoms with Gasteiger partial charge in [-0.1, -0.05) is 5.16 Å². The molecule has 2 amide bonds. The zero-order valence-corrected chi connectivity index (χ0v) is 15.9. The number of carboxylic acids is 1. The minimum Gasteiger partial charge on any atom is -0.477 e. The summed E-state index contributed by atoms with van der Waals surface area (Å²) in [5.41, 5.74) is 5.41. The van der Waals surface area contributed by atoms with Gasteiger partial charge in [0.05, 0.1) is 4.11 Å². The zero-order chi connectivity index (χ0) is 22.2. The number of oxime groups is 1. The lowest BCUT2D eigenvalue weighted by Gasteiger charge is -2.49. The lowest BCUT2D eigenvalue weighted by atomic mass is 10.0. The molecule has 144 valence electrons. The second kappa shape index (κ2) is 7.78. The topological polar surface area (TPSA) is 147 Å². The number of aromatic nitrogens is 1. The molecular formula is C14H15N5O5S3. The highest BCUT2D eigenvalue weighted by molar-refractivity contribution is 8.00. The van der Waals surface area contributed by atoms with E-state index in [1.165, 1.54) is 17.1 Å². The number of fused-ring (bicyclic) bond motifs is 1. The Morgan fingerprint density at radius 2 is 2.44 bits per heavy atom. The van der Waals surface area contributed by atoms with Gasteiger partial charge >= 0.3 is 5.97 Å². The van der Waals surface area contributed by atoms with E-state index in [2.05, 4.69) is 32.9 Å². The molecule has 0 radical (unpaired) electrons. The van der Waals surface area contributed by atoms with Crippen LogP contribution in [-0.4, -0.2) is 68.4 Å². The molecule has 1 saturated heterocycles. The number of amides is 2. The van der Waals surface area contributed by atoms with Crippen molar-refractivity contribution in [1.82, 2.24) is 15.2 Å². The third-order valence-corrected chi connectivity index (χ3v) is 6.24. The number of nitrogens with one attached hydrogen (secondary N) is 1.